The van der Waals surface area contributed by atoms with Crippen molar-refractivity contribution in [3.63, 3.8) is 0 Å². The molecule has 0 spiro atoms. The number of hydrogen-bond donors (Lipinski definition) is 0. The number of hydrogen-bond acceptors (Lipinski definition) is 4. The number of aliphatic imine (C=N–C) groups is 1. The van der Waals surface area contributed by atoms with Crippen molar-refractivity contribution in [3.05, 3.63) is 47.8 Å². The molecule has 0 N–H and O–H groups in total. The van der Waals surface area contributed by atoms with Crippen LogP contribution in [-0.2, 0) is 0 Å². The summed E-state index contributed by atoms with van der Waals surface area (Å²) in [5, 5.41) is 0. The predicted molar refractivity (Wildman–Crippen MR) is 86.5 cm³/mol. The molecule has 0 saturated heterocycles. The smallest absolute Gasteiger partial charge is 0.254 e. The molecular weight excluding hydrogens is 322 g/mol. The van der Waals surface area contributed by atoms with Crippen LogP contribution in [0.2, 0.25) is 0 Å². The quantitative estimate of drug-likeness (QED) is 0.472. The number of rotatable bonds is 5. The molecule has 0 aliphatic carbocycles. The third-order valence-corrected chi connectivity index (χ3v) is 4.21. The maximum atomic E-state index is 14.0. The Bertz CT molecular complexity index is 718. The molecule has 1 heterocycles. The lowest BCUT2D eigenvalue weighted by atomic mass is 9.97. The van der Waals surface area contributed by atoms with Gasteiger partial charge in [-0.25, -0.2) is 23.1 Å². The molecule has 8 heteroatoms. The fraction of sp³-hybridized carbons (Fsp3) is 0.267. The summed E-state index contributed by atoms with van der Waals surface area (Å²) in [6, 6.07) is 4.20. The summed E-state index contributed by atoms with van der Waals surface area (Å²) in [4.78, 5) is 12.2. The molecule has 118 valence electrons. The van der Waals surface area contributed by atoms with Crippen molar-refractivity contribution in [1.82, 2.24) is 9.97 Å². The summed E-state index contributed by atoms with van der Waals surface area (Å²) in [6.07, 6.45) is 2.79. The Morgan fingerprint density at radius 2 is 2.13 bits per heavy atom. The molecule has 2 aromatic rings. The standard InChI is InChI=1S/C15H13BF3N3S/c1-9-5-10(17)12(6-13(9)23-7-15(2,18)19)22-14(16)11-3-4-20-8-21-11/h3-6,8H,7H2,1-2H3. The monoisotopic (exact) mass is 335 g/mol. The van der Waals surface area contributed by atoms with E-state index >= 15 is 0 Å². The maximum Gasteiger partial charge on any atom is 0.254 e. The number of thioether (sulfide) groups is 1. The highest BCUT2D eigenvalue weighted by Crippen LogP contribution is 2.33. The Morgan fingerprint density at radius 1 is 1.39 bits per heavy atom. The number of aromatic nitrogens is 2. The topological polar surface area (TPSA) is 38.1 Å². The van der Waals surface area contributed by atoms with E-state index in [-0.39, 0.29) is 11.3 Å². The normalized spacial score (nSPS) is 12.5. The molecule has 0 amide bonds. The lowest BCUT2D eigenvalue weighted by Crippen LogP contribution is -2.12. The number of benzene rings is 1. The van der Waals surface area contributed by atoms with Crippen molar-refractivity contribution >= 4 is 30.9 Å². The van der Waals surface area contributed by atoms with Gasteiger partial charge in [-0.05, 0) is 30.7 Å². The molecule has 2 rings (SSSR count). The summed E-state index contributed by atoms with van der Waals surface area (Å²) < 4.78 is 40.0. The molecule has 3 nitrogen and oxygen atoms in total. The van der Waals surface area contributed by atoms with E-state index in [4.69, 9.17) is 7.85 Å². The Kier molecular flexibility index (Phi) is 5.46. The highest BCUT2D eigenvalue weighted by atomic mass is 32.2. The van der Waals surface area contributed by atoms with Crippen molar-refractivity contribution in [2.24, 2.45) is 4.99 Å². The number of aryl methyl sites for hydroxylation is 1. The molecule has 23 heavy (non-hydrogen) atoms. The molecule has 2 radical (unpaired) electrons. The minimum absolute atomic E-state index is 0.0198. The van der Waals surface area contributed by atoms with E-state index in [1.807, 2.05) is 0 Å². The summed E-state index contributed by atoms with van der Waals surface area (Å²) >= 11 is 0.947. The lowest BCUT2D eigenvalue weighted by molar-refractivity contribution is 0.0492. The first kappa shape index (κ1) is 17.5. The Morgan fingerprint density at radius 3 is 2.74 bits per heavy atom. The second-order valence-corrected chi connectivity index (χ2v) is 6.04. The van der Waals surface area contributed by atoms with Gasteiger partial charge in [0.15, 0.2) is 0 Å². The highest BCUT2D eigenvalue weighted by Gasteiger charge is 2.22. The van der Waals surface area contributed by atoms with E-state index in [1.54, 1.807) is 6.92 Å². The van der Waals surface area contributed by atoms with Gasteiger partial charge in [0, 0.05) is 23.6 Å². The van der Waals surface area contributed by atoms with Crippen LogP contribution in [0.15, 0.2) is 40.6 Å². The fourth-order valence-corrected chi connectivity index (χ4v) is 2.61. The maximum absolute atomic E-state index is 14.0. The van der Waals surface area contributed by atoms with E-state index in [9.17, 15) is 13.2 Å². The van der Waals surface area contributed by atoms with Gasteiger partial charge in [-0.15, -0.1) is 11.8 Å². The van der Waals surface area contributed by atoms with Gasteiger partial charge in [0.25, 0.3) is 5.92 Å². The molecule has 0 aliphatic rings. The van der Waals surface area contributed by atoms with Crippen molar-refractivity contribution in [2.75, 3.05) is 5.75 Å². The average Bonchev–Trinajstić information content (AvgIpc) is 2.48. The van der Waals surface area contributed by atoms with Gasteiger partial charge in [0.05, 0.1) is 17.1 Å². The van der Waals surface area contributed by atoms with Crippen LogP contribution in [0.1, 0.15) is 18.2 Å². The van der Waals surface area contributed by atoms with E-state index in [1.165, 1.54) is 30.7 Å². The average molecular weight is 335 g/mol. The second-order valence-electron chi connectivity index (χ2n) is 5.02. The fourth-order valence-electron chi connectivity index (χ4n) is 1.72. The first-order chi connectivity index (χ1) is 10.8. The number of nitrogens with zero attached hydrogens (tertiary/aromatic N) is 3. The van der Waals surface area contributed by atoms with Gasteiger partial charge in [-0.1, -0.05) is 0 Å². The van der Waals surface area contributed by atoms with Gasteiger partial charge >= 0.3 is 0 Å². The summed E-state index contributed by atoms with van der Waals surface area (Å²) in [7, 11) is 5.79. The predicted octanol–water partition coefficient (Wildman–Crippen LogP) is 3.92. The summed E-state index contributed by atoms with van der Waals surface area (Å²) in [5.41, 5.74) is 0.922. The SMILES string of the molecule is [B]C(=Nc1cc(SCC(C)(F)F)c(C)cc1F)c1ccncn1. The molecule has 0 bridgehead atoms. The minimum atomic E-state index is -2.81. The zero-order chi connectivity index (χ0) is 17.0. The molecule has 1 aromatic carbocycles. The molecule has 0 fully saturated rings. The largest absolute Gasteiger partial charge is 0.260 e. The summed E-state index contributed by atoms with van der Waals surface area (Å²) in [6.45, 7) is 2.49. The van der Waals surface area contributed by atoms with Gasteiger partial charge in [0.2, 0.25) is 0 Å². The first-order valence-electron chi connectivity index (χ1n) is 6.67. The van der Waals surface area contributed by atoms with Crippen LogP contribution in [0.4, 0.5) is 18.9 Å². The van der Waals surface area contributed by atoms with Crippen molar-refractivity contribution < 1.29 is 13.2 Å². The van der Waals surface area contributed by atoms with E-state index in [2.05, 4.69) is 15.0 Å². The van der Waals surface area contributed by atoms with Gasteiger partial charge in [-0.2, -0.15) is 0 Å². The zero-order valence-electron chi connectivity index (χ0n) is 12.6. The van der Waals surface area contributed by atoms with Crippen molar-refractivity contribution in [2.45, 2.75) is 24.7 Å². The van der Waals surface area contributed by atoms with Gasteiger partial charge < -0.3 is 0 Å². The molecule has 0 atom stereocenters. The molecule has 0 saturated carbocycles. The van der Waals surface area contributed by atoms with E-state index in [0.29, 0.717) is 16.2 Å². The van der Waals surface area contributed by atoms with Crippen LogP contribution in [0.3, 0.4) is 0 Å². The van der Waals surface area contributed by atoms with Crippen LogP contribution in [0.5, 0.6) is 0 Å². The van der Waals surface area contributed by atoms with Gasteiger partial charge in [0.1, 0.15) is 20.0 Å². The third kappa shape index (κ3) is 5.09. The zero-order valence-corrected chi connectivity index (χ0v) is 13.4. The van der Waals surface area contributed by atoms with Gasteiger partial charge in [-0.3, -0.25) is 4.99 Å². The van der Waals surface area contributed by atoms with Crippen LogP contribution in [0.25, 0.3) is 0 Å². The lowest BCUT2D eigenvalue weighted by Gasteiger charge is -2.12. The molecule has 0 aliphatic heterocycles. The van der Waals surface area contributed by atoms with Crippen LogP contribution >= 0.6 is 11.8 Å². The van der Waals surface area contributed by atoms with Crippen molar-refractivity contribution in [3.8, 4) is 0 Å². The summed E-state index contributed by atoms with van der Waals surface area (Å²) in [5.74, 6) is -3.79. The van der Waals surface area contributed by atoms with E-state index < -0.39 is 17.5 Å². The molecule has 1 aromatic heterocycles. The number of alkyl halides is 2. The minimum Gasteiger partial charge on any atom is -0.260 e. The first-order valence-corrected chi connectivity index (χ1v) is 7.66. The van der Waals surface area contributed by atoms with E-state index in [0.717, 1.165) is 18.7 Å². The second kappa shape index (κ2) is 7.17. The highest BCUT2D eigenvalue weighted by molar-refractivity contribution is 7.99. The Hall–Kier alpha value is -1.83. The number of halogens is 3. The molecule has 0 unspecified atom stereocenters. The Balaban J connectivity index is 2.32. The van der Waals surface area contributed by atoms with Crippen LogP contribution in [-0.4, -0.2) is 35.1 Å². The van der Waals surface area contributed by atoms with Crippen molar-refractivity contribution in [1.29, 1.82) is 0 Å². The molecular formula is C15H13BF3N3S. The Labute approximate surface area is 137 Å². The van der Waals surface area contributed by atoms with Crippen LogP contribution in [0, 0.1) is 12.7 Å². The third-order valence-electron chi connectivity index (χ3n) is 2.81. The van der Waals surface area contributed by atoms with Crippen LogP contribution < -0.4 is 0 Å².